The summed E-state index contributed by atoms with van der Waals surface area (Å²) in [5.74, 6) is 0. The van der Waals surface area contributed by atoms with Gasteiger partial charge in [0.25, 0.3) is 0 Å². The van der Waals surface area contributed by atoms with Crippen LogP contribution in [0.15, 0.2) is 41.4 Å². The van der Waals surface area contributed by atoms with Crippen molar-refractivity contribution in [3.8, 4) is 0 Å². The van der Waals surface area contributed by atoms with Crippen LogP contribution in [0.5, 0.6) is 0 Å². The van der Waals surface area contributed by atoms with Crippen molar-refractivity contribution in [2.75, 3.05) is 7.05 Å². The fraction of sp³-hybridized carbons (Fsp3) is 0.300. The third kappa shape index (κ3) is 2.99. The normalized spacial score (nSPS) is 18.1. The molecular weight excluding hydrogens is 134 g/mol. The van der Waals surface area contributed by atoms with E-state index in [9.17, 15) is 0 Å². The highest BCUT2D eigenvalue weighted by Crippen LogP contribution is 2.04. The molecule has 0 aromatic carbocycles. The molecule has 0 radical (unpaired) electrons. The van der Waals surface area contributed by atoms with Crippen LogP contribution in [-0.4, -0.2) is 12.8 Å². The van der Waals surface area contributed by atoms with E-state index in [1.54, 1.807) is 7.05 Å². The van der Waals surface area contributed by atoms with Crippen molar-refractivity contribution >= 4 is 5.71 Å². The van der Waals surface area contributed by atoms with Gasteiger partial charge >= 0.3 is 0 Å². The molecule has 0 saturated heterocycles. The van der Waals surface area contributed by atoms with E-state index in [1.165, 1.54) is 0 Å². The molecule has 1 heteroatoms. The number of hydrogen-bond acceptors (Lipinski definition) is 1. The lowest BCUT2D eigenvalue weighted by molar-refractivity contribution is 1.44. The van der Waals surface area contributed by atoms with Gasteiger partial charge < -0.3 is 0 Å². The van der Waals surface area contributed by atoms with Crippen molar-refractivity contribution in [3.05, 3.63) is 36.5 Å². The summed E-state index contributed by atoms with van der Waals surface area (Å²) in [6.45, 7) is 7.80. The summed E-state index contributed by atoms with van der Waals surface area (Å²) < 4.78 is 0. The molecule has 0 heterocycles. The second kappa shape index (κ2) is 5.66. The first-order chi connectivity index (χ1) is 5.34. The van der Waals surface area contributed by atoms with Crippen LogP contribution in [0.4, 0.5) is 0 Å². The average Bonchev–Trinajstić information content (AvgIpc) is 2.09. The van der Waals surface area contributed by atoms with Gasteiger partial charge in [0.05, 0.1) is 5.71 Å². The lowest BCUT2D eigenvalue weighted by Gasteiger charge is -2.00. The van der Waals surface area contributed by atoms with E-state index in [0.717, 1.165) is 11.3 Å². The molecule has 60 valence electrons. The van der Waals surface area contributed by atoms with E-state index < -0.39 is 0 Å². The van der Waals surface area contributed by atoms with Gasteiger partial charge in [-0.15, -0.1) is 0 Å². The Morgan fingerprint density at radius 2 is 1.73 bits per heavy atom. The maximum Gasteiger partial charge on any atom is 0.0637 e. The van der Waals surface area contributed by atoms with Crippen LogP contribution in [-0.2, 0) is 0 Å². The van der Waals surface area contributed by atoms with Crippen molar-refractivity contribution in [3.63, 3.8) is 0 Å². The summed E-state index contributed by atoms with van der Waals surface area (Å²) >= 11 is 0. The van der Waals surface area contributed by atoms with Crippen molar-refractivity contribution in [2.45, 2.75) is 13.8 Å². The zero-order valence-electron chi connectivity index (χ0n) is 7.46. The van der Waals surface area contributed by atoms with Gasteiger partial charge in [-0.2, -0.15) is 0 Å². The number of hydrogen-bond donors (Lipinski definition) is 0. The third-order valence-corrected chi connectivity index (χ3v) is 1.23. The van der Waals surface area contributed by atoms with Gasteiger partial charge in [0.1, 0.15) is 0 Å². The van der Waals surface area contributed by atoms with E-state index >= 15 is 0 Å². The van der Waals surface area contributed by atoms with Crippen LogP contribution in [0, 0.1) is 0 Å². The molecule has 0 fully saturated rings. The molecule has 0 aliphatic heterocycles. The second-order valence-corrected chi connectivity index (χ2v) is 1.85. The smallest absolute Gasteiger partial charge is 0.0637 e. The van der Waals surface area contributed by atoms with Crippen LogP contribution in [0.1, 0.15) is 13.8 Å². The maximum atomic E-state index is 4.01. The second-order valence-electron chi connectivity index (χ2n) is 1.85. The Morgan fingerprint density at radius 1 is 1.18 bits per heavy atom. The fourth-order valence-corrected chi connectivity index (χ4v) is 0.729. The monoisotopic (exact) mass is 149 g/mol. The van der Waals surface area contributed by atoms with E-state index in [2.05, 4.69) is 11.6 Å². The zero-order chi connectivity index (χ0) is 8.69. The zero-order valence-corrected chi connectivity index (χ0v) is 7.46. The molecule has 1 aliphatic rings. The Morgan fingerprint density at radius 3 is 2.09 bits per heavy atom. The molecule has 0 bridgehead atoms. The van der Waals surface area contributed by atoms with Gasteiger partial charge in [0, 0.05) is 7.05 Å². The highest BCUT2D eigenvalue weighted by Gasteiger charge is 1.96. The lowest BCUT2D eigenvalue weighted by atomic mass is 10.1. The molecule has 11 heavy (non-hydrogen) atoms. The van der Waals surface area contributed by atoms with E-state index in [0.29, 0.717) is 0 Å². The molecular formula is C10H15N. The lowest BCUT2D eigenvalue weighted by Crippen LogP contribution is -1.96. The van der Waals surface area contributed by atoms with Gasteiger partial charge in [-0.25, -0.2) is 0 Å². The number of aliphatic imine (C=N–C) groups is 1. The summed E-state index contributed by atoms with van der Waals surface area (Å²) in [6, 6.07) is 0. The Kier molecular flexibility index (Phi) is 5.09. The molecule has 0 N–H and O–H groups in total. The predicted molar refractivity (Wildman–Crippen MR) is 52.1 cm³/mol. The quantitative estimate of drug-likeness (QED) is 0.502. The topological polar surface area (TPSA) is 12.4 Å². The average molecular weight is 149 g/mol. The number of rotatable bonds is 0. The van der Waals surface area contributed by atoms with E-state index in [-0.39, 0.29) is 0 Å². The summed E-state index contributed by atoms with van der Waals surface area (Å²) in [6.07, 6.45) is 7.80. The molecule has 0 saturated carbocycles. The minimum absolute atomic E-state index is 0.970. The Bertz CT molecular complexity index is 207. The molecule has 0 atom stereocenters. The summed E-state index contributed by atoms with van der Waals surface area (Å²) in [7, 11) is 1.77. The first kappa shape index (κ1) is 9.89. The molecule has 0 aromatic rings. The van der Waals surface area contributed by atoms with Crippen LogP contribution in [0.25, 0.3) is 0 Å². The SMILES string of the molecule is C=C1C=CC=CC1=NC.CC. The van der Waals surface area contributed by atoms with E-state index in [4.69, 9.17) is 0 Å². The minimum atomic E-state index is 0.970. The minimum Gasteiger partial charge on any atom is -0.288 e. The molecule has 1 rings (SSSR count). The van der Waals surface area contributed by atoms with Crippen molar-refractivity contribution in [1.82, 2.24) is 0 Å². The first-order valence-electron chi connectivity index (χ1n) is 3.85. The molecule has 0 aromatic heterocycles. The number of allylic oxidation sites excluding steroid dienone is 5. The highest BCUT2D eigenvalue weighted by molar-refractivity contribution is 6.10. The standard InChI is InChI=1S/C8H9N.C2H6/c1-7-5-3-4-6-8(7)9-2;1-2/h3-6H,1H2,2H3;1-2H3. The van der Waals surface area contributed by atoms with Crippen LogP contribution >= 0.6 is 0 Å². The van der Waals surface area contributed by atoms with Crippen LogP contribution < -0.4 is 0 Å². The first-order valence-corrected chi connectivity index (χ1v) is 3.85. The highest BCUT2D eigenvalue weighted by atomic mass is 14.7. The van der Waals surface area contributed by atoms with E-state index in [1.807, 2.05) is 38.2 Å². The van der Waals surface area contributed by atoms with Crippen molar-refractivity contribution < 1.29 is 0 Å². The fourth-order valence-electron chi connectivity index (χ4n) is 0.729. The largest absolute Gasteiger partial charge is 0.288 e. The van der Waals surface area contributed by atoms with Gasteiger partial charge in [-0.1, -0.05) is 38.7 Å². The summed E-state index contributed by atoms with van der Waals surface area (Å²) in [5, 5.41) is 0. The van der Waals surface area contributed by atoms with Gasteiger partial charge in [0.15, 0.2) is 0 Å². The van der Waals surface area contributed by atoms with Crippen LogP contribution in [0.2, 0.25) is 0 Å². The Balaban J connectivity index is 0.000000461. The predicted octanol–water partition coefficient (Wildman–Crippen LogP) is 2.77. The Hall–Kier alpha value is -1.11. The Labute approximate surface area is 68.9 Å². The van der Waals surface area contributed by atoms with Gasteiger partial charge in [-0.3, -0.25) is 4.99 Å². The summed E-state index contributed by atoms with van der Waals surface area (Å²) in [5.41, 5.74) is 1.96. The maximum absolute atomic E-state index is 4.01. The van der Waals surface area contributed by atoms with Crippen molar-refractivity contribution in [2.24, 2.45) is 4.99 Å². The van der Waals surface area contributed by atoms with Gasteiger partial charge in [-0.05, 0) is 11.6 Å². The summed E-state index contributed by atoms with van der Waals surface area (Å²) in [4.78, 5) is 4.01. The molecule has 0 unspecified atom stereocenters. The van der Waals surface area contributed by atoms with Crippen LogP contribution in [0.3, 0.4) is 0 Å². The third-order valence-electron chi connectivity index (χ3n) is 1.23. The molecule has 1 nitrogen and oxygen atoms in total. The molecule has 1 aliphatic carbocycles. The van der Waals surface area contributed by atoms with Crippen molar-refractivity contribution in [1.29, 1.82) is 0 Å². The molecule has 0 amide bonds. The van der Waals surface area contributed by atoms with Gasteiger partial charge in [0.2, 0.25) is 0 Å². The molecule has 0 spiro atoms. The number of nitrogens with zero attached hydrogens (tertiary/aromatic N) is 1.